The van der Waals surface area contributed by atoms with Crippen LogP contribution in [-0.2, 0) is 0 Å². The molecule has 0 radical (unpaired) electrons. The third kappa shape index (κ3) is 5.61. The molecule has 0 spiro atoms. The molecule has 5 heteroatoms. The lowest BCUT2D eigenvalue weighted by Gasteiger charge is -2.14. The van der Waals surface area contributed by atoms with Crippen molar-refractivity contribution in [1.82, 2.24) is 0 Å². The van der Waals surface area contributed by atoms with E-state index in [1.54, 1.807) is 18.2 Å². The Morgan fingerprint density at radius 1 is 0.897 bits per heavy atom. The van der Waals surface area contributed by atoms with Crippen molar-refractivity contribution in [3.63, 3.8) is 0 Å². The first-order valence-corrected chi connectivity index (χ1v) is 10.2. The highest BCUT2D eigenvalue weighted by molar-refractivity contribution is 9.10. The fraction of sp³-hybridized carbons (Fsp3) is 0.208. The van der Waals surface area contributed by atoms with E-state index in [9.17, 15) is 4.79 Å². The summed E-state index contributed by atoms with van der Waals surface area (Å²) < 4.78 is 12.1. The number of anilines is 1. The van der Waals surface area contributed by atoms with Crippen LogP contribution in [-0.4, -0.2) is 19.1 Å². The molecule has 29 heavy (non-hydrogen) atoms. The molecule has 3 rings (SSSR count). The van der Waals surface area contributed by atoms with E-state index < -0.39 is 0 Å². The van der Waals surface area contributed by atoms with Gasteiger partial charge in [0.15, 0.2) is 0 Å². The molecule has 0 aliphatic heterocycles. The van der Waals surface area contributed by atoms with E-state index in [2.05, 4.69) is 33.4 Å². The number of benzene rings is 3. The fourth-order valence-corrected chi connectivity index (χ4v) is 3.64. The minimum atomic E-state index is -0.153. The molecule has 0 unspecified atom stereocenters. The first kappa shape index (κ1) is 20.9. The van der Waals surface area contributed by atoms with E-state index >= 15 is 0 Å². The molecule has 4 nitrogen and oxygen atoms in total. The van der Waals surface area contributed by atoms with Gasteiger partial charge in [-0.2, -0.15) is 0 Å². The maximum absolute atomic E-state index is 12.7. The van der Waals surface area contributed by atoms with Gasteiger partial charge in [-0.1, -0.05) is 35.9 Å². The lowest BCUT2D eigenvalue weighted by atomic mass is 10.0. The Balaban J connectivity index is 1.59. The molecule has 0 aromatic heterocycles. The summed E-state index contributed by atoms with van der Waals surface area (Å²) in [4.78, 5) is 12.7. The van der Waals surface area contributed by atoms with E-state index in [1.165, 1.54) is 5.56 Å². The number of para-hydroxylation sites is 1. The summed E-state index contributed by atoms with van der Waals surface area (Å²) >= 11 is 3.49. The van der Waals surface area contributed by atoms with Crippen LogP contribution in [0.3, 0.4) is 0 Å². The standard InChI is InChI=1S/C24H24BrNO3/c1-16-13-17(2)23(18(3)14-16)26-24(27)19-9-10-22(21(25)15-19)29-12-11-28-20-7-5-4-6-8-20/h4-10,13-15H,11-12H2,1-3H3,(H,26,27). The second-order valence-corrected chi connectivity index (χ2v) is 7.74. The van der Waals surface area contributed by atoms with E-state index in [1.807, 2.05) is 51.1 Å². The van der Waals surface area contributed by atoms with Crippen LogP contribution in [0.1, 0.15) is 27.0 Å². The largest absolute Gasteiger partial charge is 0.490 e. The molecule has 1 amide bonds. The van der Waals surface area contributed by atoms with Crippen molar-refractivity contribution in [3.05, 3.63) is 87.4 Å². The minimum Gasteiger partial charge on any atom is -0.490 e. The van der Waals surface area contributed by atoms with Crippen LogP contribution >= 0.6 is 15.9 Å². The van der Waals surface area contributed by atoms with Gasteiger partial charge >= 0.3 is 0 Å². The Labute approximate surface area is 180 Å². The molecule has 0 heterocycles. The highest BCUT2D eigenvalue weighted by Crippen LogP contribution is 2.27. The average molecular weight is 454 g/mol. The fourth-order valence-electron chi connectivity index (χ4n) is 3.15. The molecule has 1 N–H and O–H groups in total. The van der Waals surface area contributed by atoms with Gasteiger partial charge in [0.1, 0.15) is 24.7 Å². The molecule has 0 aliphatic rings. The quantitative estimate of drug-likeness (QED) is 0.440. The van der Waals surface area contributed by atoms with Crippen LogP contribution in [0.2, 0.25) is 0 Å². The summed E-state index contributed by atoms with van der Waals surface area (Å²) in [6, 6.07) is 19.0. The maximum atomic E-state index is 12.7. The number of hydrogen-bond acceptors (Lipinski definition) is 3. The van der Waals surface area contributed by atoms with Crippen LogP contribution in [0.15, 0.2) is 65.1 Å². The molecule has 0 atom stereocenters. The number of amides is 1. The zero-order valence-corrected chi connectivity index (χ0v) is 18.4. The highest BCUT2D eigenvalue weighted by atomic mass is 79.9. The summed E-state index contributed by atoms with van der Waals surface area (Å²) in [5.41, 5.74) is 4.69. The number of ether oxygens (including phenoxy) is 2. The topological polar surface area (TPSA) is 47.6 Å². The highest BCUT2D eigenvalue weighted by Gasteiger charge is 2.12. The van der Waals surface area contributed by atoms with E-state index in [-0.39, 0.29) is 5.91 Å². The Morgan fingerprint density at radius 2 is 1.55 bits per heavy atom. The van der Waals surface area contributed by atoms with Crippen molar-refractivity contribution in [2.24, 2.45) is 0 Å². The van der Waals surface area contributed by atoms with Crippen molar-refractivity contribution >= 4 is 27.5 Å². The Morgan fingerprint density at radius 3 is 2.21 bits per heavy atom. The van der Waals surface area contributed by atoms with E-state index in [4.69, 9.17) is 9.47 Å². The average Bonchev–Trinajstić information content (AvgIpc) is 2.69. The van der Waals surface area contributed by atoms with Crippen molar-refractivity contribution in [1.29, 1.82) is 0 Å². The van der Waals surface area contributed by atoms with E-state index in [0.29, 0.717) is 24.5 Å². The van der Waals surface area contributed by atoms with Crippen LogP contribution < -0.4 is 14.8 Å². The molecule has 150 valence electrons. The number of carbonyl (C=O) groups excluding carboxylic acids is 1. The van der Waals surface area contributed by atoms with Gasteiger partial charge in [0.05, 0.1) is 4.47 Å². The van der Waals surface area contributed by atoms with Crippen LogP contribution in [0.5, 0.6) is 11.5 Å². The lowest BCUT2D eigenvalue weighted by molar-refractivity contribution is 0.102. The number of hydrogen-bond donors (Lipinski definition) is 1. The zero-order valence-electron chi connectivity index (χ0n) is 16.8. The monoisotopic (exact) mass is 453 g/mol. The summed E-state index contributed by atoms with van der Waals surface area (Å²) in [7, 11) is 0. The molecule has 0 bridgehead atoms. The molecular weight excluding hydrogens is 430 g/mol. The van der Waals surface area contributed by atoms with Crippen LogP contribution in [0.25, 0.3) is 0 Å². The van der Waals surface area contributed by atoms with Gasteiger partial charge in [0, 0.05) is 11.3 Å². The van der Waals surface area contributed by atoms with E-state index in [0.717, 1.165) is 27.0 Å². The molecule has 0 fully saturated rings. The second kappa shape index (κ2) is 9.61. The summed E-state index contributed by atoms with van der Waals surface area (Å²) in [5, 5.41) is 3.02. The van der Waals surface area contributed by atoms with Gasteiger partial charge in [0.25, 0.3) is 5.91 Å². The summed E-state index contributed by atoms with van der Waals surface area (Å²) in [6.07, 6.45) is 0. The Hall–Kier alpha value is -2.79. The lowest BCUT2D eigenvalue weighted by Crippen LogP contribution is -2.14. The Kier molecular flexibility index (Phi) is 6.94. The van der Waals surface area contributed by atoms with Crippen LogP contribution in [0.4, 0.5) is 5.69 Å². The van der Waals surface area contributed by atoms with Crippen molar-refractivity contribution in [2.45, 2.75) is 20.8 Å². The van der Waals surface area contributed by atoms with Crippen molar-refractivity contribution in [2.75, 3.05) is 18.5 Å². The number of aryl methyl sites for hydroxylation is 3. The second-order valence-electron chi connectivity index (χ2n) is 6.88. The van der Waals surface area contributed by atoms with Crippen LogP contribution in [0, 0.1) is 20.8 Å². The third-order valence-electron chi connectivity index (χ3n) is 4.46. The van der Waals surface area contributed by atoms with Gasteiger partial charge in [-0.3, -0.25) is 4.79 Å². The molecule has 0 saturated heterocycles. The third-order valence-corrected chi connectivity index (χ3v) is 5.08. The normalized spacial score (nSPS) is 10.5. The van der Waals surface area contributed by atoms with Gasteiger partial charge in [0.2, 0.25) is 0 Å². The number of nitrogens with one attached hydrogen (secondary N) is 1. The first-order chi connectivity index (χ1) is 13.9. The number of halogens is 1. The van der Waals surface area contributed by atoms with Gasteiger partial charge in [-0.25, -0.2) is 0 Å². The predicted octanol–water partition coefficient (Wildman–Crippen LogP) is 6.08. The summed E-state index contributed by atoms with van der Waals surface area (Å²) in [6.45, 7) is 6.89. The van der Waals surface area contributed by atoms with Crippen molar-refractivity contribution in [3.8, 4) is 11.5 Å². The SMILES string of the molecule is Cc1cc(C)c(NC(=O)c2ccc(OCCOc3ccccc3)c(Br)c2)c(C)c1. The predicted molar refractivity (Wildman–Crippen MR) is 120 cm³/mol. The van der Waals surface area contributed by atoms with Gasteiger partial charge in [-0.05, 0) is 78.2 Å². The van der Waals surface area contributed by atoms with Gasteiger partial charge < -0.3 is 14.8 Å². The maximum Gasteiger partial charge on any atom is 0.255 e. The number of carbonyl (C=O) groups is 1. The summed E-state index contributed by atoms with van der Waals surface area (Å²) in [5.74, 6) is 1.32. The molecule has 0 saturated carbocycles. The zero-order chi connectivity index (χ0) is 20.8. The smallest absolute Gasteiger partial charge is 0.255 e. The van der Waals surface area contributed by atoms with Gasteiger partial charge in [-0.15, -0.1) is 0 Å². The first-order valence-electron chi connectivity index (χ1n) is 9.43. The van der Waals surface area contributed by atoms with Crippen molar-refractivity contribution < 1.29 is 14.3 Å². The molecule has 3 aromatic rings. The Bertz CT molecular complexity index is 979. The molecule has 3 aromatic carbocycles. The minimum absolute atomic E-state index is 0.153. The number of rotatable bonds is 7. The molecule has 0 aliphatic carbocycles. The molecular formula is C24H24BrNO3.